The number of hydrogen-bond acceptors (Lipinski definition) is 3. The molecule has 1 aromatic heterocycles. The molecular weight excluding hydrogens is 321 g/mol. The zero-order valence-electron chi connectivity index (χ0n) is 12.2. The number of nitrogens with one attached hydrogen (secondary N) is 2. The van der Waals surface area contributed by atoms with Crippen molar-refractivity contribution in [3.05, 3.63) is 64.7 Å². The second-order valence-electron chi connectivity index (χ2n) is 4.77. The quantitative estimate of drug-likeness (QED) is 0.851. The minimum absolute atomic E-state index is 0.0915. The van der Waals surface area contributed by atoms with Gasteiger partial charge < -0.3 is 10.6 Å². The molecule has 0 spiro atoms. The topological polar surface area (TPSA) is 71.1 Å². The third kappa shape index (κ3) is 5.34. The van der Waals surface area contributed by atoms with Crippen LogP contribution in [0.3, 0.4) is 0 Å². The van der Waals surface area contributed by atoms with Gasteiger partial charge in [0.25, 0.3) is 5.91 Å². The van der Waals surface area contributed by atoms with Crippen molar-refractivity contribution in [3.8, 4) is 0 Å². The predicted molar refractivity (Wildman–Crippen MR) is 84.4 cm³/mol. The number of benzene rings is 1. The summed E-state index contributed by atoms with van der Waals surface area (Å²) in [6.45, 7) is 0.465. The van der Waals surface area contributed by atoms with Gasteiger partial charge >= 0.3 is 0 Å². The summed E-state index contributed by atoms with van der Waals surface area (Å²) < 4.78 is 13.5. The van der Waals surface area contributed by atoms with Crippen LogP contribution in [0.5, 0.6) is 0 Å². The van der Waals surface area contributed by atoms with Gasteiger partial charge in [-0.25, -0.2) is 4.39 Å². The summed E-state index contributed by atoms with van der Waals surface area (Å²) in [5, 5.41) is 5.46. The number of rotatable bonds is 6. The van der Waals surface area contributed by atoms with E-state index in [0.29, 0.717) is 6.54 Å². The van der Waals surface area contributed by atoms with Crippen LogP contribution in [0.25, 0.3) is 0 Å². The van der Waals surface area contributed by atoms with Gasteiger partial charge in [-0.3, -0.25) is 14.6 Å². The van der Waals surface area contributed by atoms with Gasteiger partial charge in [0, 0.05) is 36.9 Å². The second-order valence-corrected chi connectivity index (χ2v) is 5.20. The number of halogens is 2. The molecule has 0 fully saturated rings. The van der Waals surface area contributed by atoms with Gasteiger partial charge in [0.1, 0.15) is 5.82 Å². The summed E-state index contributed by atoms with van der Waals surface area (Å²) in [7, 11) is 0. The number of carbonyl (C=O) groups excluding carboxylic acids is 2. The molecule has 1 aromatic carbocycles. The van der Waals surface area contributed by atoms with Crippen LogP contribution < -0.4 is 10.6 Å². The maximum absolute atomic E-state index is 13.5. The maximum atomic E-state index is 13.5. The lowest BCUT2D eigenvalue weighted by atomic mass is 10.2. The molecule has 23 heavy (non-hydrogen) atoms. The van der Waals surface area contributed by atoms with Crippen molar-refractivity contribution in [1.82, 2.24) is 15.6 Å². The summed E-state index contributed by atoms with van der Waals surface area (Å²) in [6.07, 6.45) is 3.40. The smallest absolute Gasteiger partial charge is 0.254 e. The van der Waals surface area contributed by atoms with Gasteiger partial charge in [-0.05, 0) is 29.8 Å². The standard InChI is InChI=1S/C16H15ClFN3O2/c17-12-3-4-14(18)13(8-12)16(23)20-7-5-15(22)21-10-11-2-1-6-19-9-11/h1-4,6,8-9H,5,7,10H2,(H,20,23)(H,21,22). The van der Waals surface area contributed by atoms with Gasteiger partial charge in [-0.15, -0.1) is 0 Å². The first-order chi connectivity index (χ1) is 11.1. The Labute approximate surface area is 137 Å². The normalized spacial score (nSPS) is 10.2. The van der Waals surface area contributed by atoms with E-state index in [4.69, 9.17) is 11.6 Å². The van der Waals surface area contributed by atoms with Crippen LogP contribution in [0.2, 0.25) is 5.02 Å². The van der Waals surface area contributed by atoms with E-state index in [2.05, 4.69) is 15.6 Å². The molecule has 0 saturated heterocycles. The van der Waals surface area contributed by atoms with Crippen molar-refractivity contribution in [2.24, 2.45) is 0 Å². The van der Waals surface area contributed by atoms with E-state index in [1.54, 1.807) is 18.5 Å². The monoisotopic (exact) mass is 335 g/mol. The van der Waals surface area contributed by atoms with E-state index in [0.717, 1.165) is 11.6 Å². The molecule has 2 amide bonds. The van der Waals surface area contributed by atoms with Crippen LogP contribution in [0.4, 0.5) is 4.39 Å². The van der Waals surface area contributed by atoms with E-state index in [1.807, 2.05) is 6.07 Å². The molecule has 0 radical (unpaired) electrons. The third-order valence-electron chi connectivity index (χ3n) is 3.02. The number of amides is 2. The fraction of sp³-hybridized carbons (Fsp3) is 0.188. The average molecular weight is 336 g/mol. The molecule has 120 valence electrons. The first-order valence-electron chi connectivity index (χ1n) is 6.95. The Balaban J connectivity index is 1.75. The molecule has 5 nitrogen and oxygen atoms in total. The zero-order valence-corrected chi connectivity index (χ0v) is 12.9. The first kappa shape index (κ1) is 16.9. The highest BCUT2D eigenvalue weighted by Crippen LogP contribution is 2.14. The van der Waals surface area contributed by atoms with Gasteiger partial charge in [0.2, 0.25) is 5.91 Å². The zero-order chi connectivity index (χ0) is 16.7. The van der Waals surface area contributed by atoms with Crippen molar-refractivity contribution >= 4 is 23.4 Å². The third-order valence-corrected chi connectivity index (χ3v) is 3.26. The molecule has 2 rings (SSSR count). The maximum Gasteiger partial charge on any atom is 0.254 e. The number of hydrogen-bond donors (Lipinski definition) is 2. The van der Waals surface area contributed by atoms with E-state index in [1.165, 1.54) is 12.1 Å². The summed E-state index contributed by atoms with van der Waals surface area (Å²) in [6, 6.07) is 7.35. The molecule has 2 N–H and O–H groups in total. The van der Waals surface area contributed by atoms with E-state index in [-0.39, 0.29) is 29.5 Å². The fourth-order valence-electron chi connectivity index (χ4n) is 1.85. The van der Waals surface area contributed by atoms with Crippen LogP contribution in [0.15, 0.2) is 42.7 Å². The number of pyridine rings is 1. The fourth-order valence-corrected chi connectivity index (χ4v) is 2.02. The average Bonchev–Trinajstić information content (AvgIpc) is 2.56. The SMILES string of the molecule is O=C(CCNC(=O)c1cc(Cl)ccc1F)NCc1cccnc1. The Kier molecular flexibility index (Phi) is 6.05. The van der Waals surface area contributed by atoms with E-state index >= 15 is 0 Å². The lowest BCUT2D eigenvalue weighted by Gasteiger charge is -2.07. The highest BCUT2D eigenvalue weighted by Gasteiger charge is 2.12. The molecule has 0 atom stereocenters. The van der Waals surface area contributed by atoms with E-state index in [9.17, 15) is 14.0 Å². The first-order valence-corrected chi connectivity index (χ1v) is 7.33. The largest absolute Gasteiger partial charge is 0.352 e. The molecule has 0 unspecified atom stereocenters. The van der Waals surface area contributed by atoms with Gasteiger partial charge in [0.05, 0.1) is 5.56 Å². The van der Waals surface area contributed by atoms with Crippen LogP contribution in [-0.4, -0.2) is 23.3 Å². The Bertz CT molecular complexity index is 695. The summed E-state index contributed by atoms with van der Waals surface area (Å²) in [5.41, 5.74) is 0.735. The van der Waals surface area contributed by atoms with Crippen LogP contribution >= 0.6 is 11.6 Å². The summed E-state index contributed by atoms with van der Waals surface area (Å²) in [5.74, 6) is -1.49. The summed E-state index contributed by atoms with van der Waals surface area (Å²) >= 11 is 5.73. The minimum Gasteiger partial charge on any atom is -0.352 e. The second kappa shape index (κ2) is 8.24. The molecule has 0 saturated carbocycles. The summed E-state index contributed by atoms with van der Waals surface area (Å²) in [4.78, 5) is 27.4. The van der Waals surface area contributed by atoms with Crippen molar-refractivity contribution in [3.63, 3.8) is 0 Å². The Morgan fingerprint density at radius 2 is 2.04 bits per heavy atom. The molecule has 0 aliphatic carbocycles. The lowest BCUT2D eigenvalue weighted by molar-refractivity contribution is -0.121. The van der Waals surface area contributed by atoms with Crippen molar-refractivity contribution in [2.45, 2.75) is 13.0 Å². The van der Waals surface area contributed by atoms with Gasteiger partial charge in [0.15, 0.2) is 0 Å². The molecule has 0 aliphatic rings. The van der Waals surface area contributed by atoms with Gasteiger partial charge in [-0.1, -0.05) is 17.7 Å². The number of carbonyl (C=O) groups is 2. The number of aromatic nitrogens is 1. The number of nitrogens with zero attached hydrogens (tertiary/aromatic N) is 1. The Hall–Kier alpha value is -2.47. The van der Waals surface area contributed by atoms with Crippen molar-refractivity contribution in [2.75, 3.05) is 6.54 Å². The van der Waals surface area contributed by atoms with Crippen molar-refractivity contribution in [1.29, 1.82) is 0 Å². The highest BCUT2D eigenvalue weighted by molar-refractivity contribution is 6.31. The van der Waals surface area contributed by atoms with Crippen LogP contribution in [0, 0.1) is 5.82 Å². The molecule has 0 bridgehead atoms. The molecular formula is C16H15ClFN3O2. The predicted octanol–water partition coefficient (Wildman–Crippen LogP) is 2.31. The molecule has 7 heteroatoms. The molecule has 0 aliphatic heterocycles. The minimum atomic E-state index is -0.659. The Morgan fingerprint density at radius 3 is 2.78 bits per heavy atom. The van der Waals surface area contributed by atoms with Crippen LogP contribution in [-0.2, 0) is 11.3 Å². The molecule has 2 aromatic rings. The molecule has 1 heterocycles. The van der Waals surface area contributed by atoms with Crippen molar-refractivity contribution < 1.29 is 14.0 Å². The van der Waals surface area contributed by atoms with E-state index < -0.39 is 11.7 Å². The van der Waals surface area contributed by atoms with Gasteiger partial charge in [-0.2, -0.15) is 0 Å². The Morgan fingerprint density at radius 1 is 1.22 bits per heavy atom. The highest BCUT2D eigenvalue weighted by atomic mass is 35.5. The van der Waals surface area contributed by atoms with Crippen LogP contribution in [0.1, 0.15) is 22.3 Å². The lowest BCUT2D eigenvalue weighted by Crippen LogP contribution is -2.31.